The zero-order chi connectivity index (χ0) is 14.4. The van der Waals surface area contributed by atoms with Crippen molar-refractivity contribution in [2.45, 2.75) is 44.9 Å². The van der Waals surface area contributed by atoms with Crippen LogP contribution >= 0.6 is 0 Å². The predicted octanol–water partition coefficient (Wildman–Crippen LogP) is 2.84. The van der Waals surface area contributed by atoms with Crippen LogP contribution in [0.3, 0.4) is 0 Å². The van der Waals surface area contributed by atoms with E-state index in [1.165, 1.54) is 18.4 Å². The average molecular weight is 276 g/mol. The second-order valence-electron chi connectivity index (χ2n) is 6.04. The molecule has 1 aromatic rings. The van der Waals surface area contributed by atoms with E-state index in [0.717, 1.165) is 25.7 Å². The molecule has 0 spiro atoms. The summed E-state index contributed by atoms with van der Waals surface area (Å²) < 4.78 is 6.12. The molecule has 0 heterocycles. The first kappa shape index (κ1) is 15.5. The highest BCUT2D eigenvalue weighted by Gasteiger charge is 2.25. The van der Waals surface area contributed by atoms with Crippen molar-refractivity contribution >= 4 is 0 Å². The lowest BCUT2D eigenvalue weighted by Crippen LogP contribution is -2.31. The molecule has 1 unspecified atom stereocenters. The third kappa shape index (κ3) is 5.23. The molecule has 1 aliphatic carbocycles. The number of nitrogens with zero attached hydrogens (tertiary/aromatic N) is 1. The van der Waals surface area contributed by atoms with Gasteiger partial charge in [0.15, 0.2) is 0 Å². The standard InChI is InChI=1S/C17H28N2O/c1-14(2)18-13-17(15-7-5-4-6-8-15)20-12-11-19(3)16-9-10-16/h4-8,14,16-18H,9-13H2,1-3H3. The van der Waals surface area contributed by atoms with Gasteiger partial charge in [0.25, 0.3) is 0 Å². The smallest absolute Gasteiger partial charge is 0.0949 e. The Morgan fingerprint density at radius 2 is 1.95 bits per heavy atom. The second kappa shape index (κ2) is 7.77. The van der Waals surface area contributed by atoms with Crippen molar-refractivity contribution in [3.05, 3.63) is 35.9 Å². The number of hydrogen-bond donors (Lipinski definition) is 1. The van der Waals surface area contributed by atoms with Crippen LogP contribution in [0, 0.1) is 0 Å². The van der Waals surface area contributed by atoms with Crippen molar-refractivity contribution in [3.8, 4) is 0 Å². The quantitative estimate of drug-likeness (QED) is 0.750. The Bertz CT molecular complexity index is 376. The van der Waals surface area contributed by atoms with Crippen molar-refractivity contribution in [2.24, 2.45) is 0 Å². The van der Waals surface area contributed by atoms with E-state index in [9.17, 15) is 0 Å². The zero-order valence-corrected chi connectivity index (χ0v) is 13.0. The molecule has 0 bridgehead atoms. The Balaban J connectivity index is 1.81. The van der Waals surface area contributed by atoms with E-state index in [0.29, 0.717) is 6.04 Å². The van der Waals surface area contributed by atoms with E-state index in [2.05, 4.69) is 61.4 Å². The molecule has 1 fully saturated rings. The SMILES string of the molecule is CC(C)NCC(OCCN(C)C1CC1)c1ccccc1. The Kier molecular flexibility index (Phi) is 6.02. The van der Waals surface area contributed by atoms with E-state index >= 15 is 0 Å². The van der Waals surface area contributed by atoms with E-state index in [1.807, 2.05) is 0 Å². The van der Waals surface area contributed by atoms with Gasteiger partial charge in [-0.15, -0.1) is 0 Å². The second-order valence-corrected chi connectivity index (χ2v) is 6.04. The first-order chi connectivity index (χ1) is 9.66. The monoisotopic (exact) mass is 276 g/mol. The molecule has 2 rings (SSSR count). The summed E-state index contributed by atoms with van der Waals surface area (Å²) in [7, 11) is 2.20. The molecule has 1 aromatic carbocycles. The minimum atomic E-state index is 0.145. The zero-order valence-electron chi connectivity index (χ0n) is 13.0. The van der Waals surface area contributed by atoms with Crippen LogP contribution in [-0.2, 0) is 4.74 Å². The van der Waals surface area contributed by atoms with Gasteiger partial charge in [0.05, 0.1) is 12.7 Å². The first-order valence-electron chi connectivity index (χ1n) is 7.77. The molecule has 0 saturated heterocycles. The van der Waals surface area contributed by atoms with Gasteiger partial charge in [-0.05, 0) is 25.5 Å². The number of likely N-dealkylation sites (N-methyl/N-ethyl adjacent to an activating group) is 1. The number of nitrogens with one attached hydrogen (secondary N) is 1. The normalized spacial score (nSPS) is 16.9. The third-order valence-corrected chi connectivity index (χ3v) is 3.82. The van der Waals surface area contributed by atoms with Crippen molar-refractivity contribution in [3.63, 3.8) is 0 Å². The molecule has 1 aliphatic rings. The minimum absolute atomic E-state index is 0.145. The van der Waals surface area contributed by atoms with Gasteiger partial charge in [0.1, 0.15) is 0 Å². The molecule has 112 valence electrons. The summed E-state index contributed by atoms with van der Waals surface area (Å²) in [4.78, 5) is 2.41. The lowest BCUT2D eigenvalue weighted by Gasteiger charge is -2.22. The van der Waals surface area contributed by atoms with Crippen LogP contribution in [0.25, 0.3) is 0 Å². The molecule has 0 aromatic heterocycles. The Morgan fingerprint density at radius 3 is 2.55 bits per heavy atom. The molecule has 1 atom stereocenters. The van der Waals surface area contributed by atoms with Gasteiger partial charge >= 0.3 is 0 Å². The highest BCUT2D eigenvalue weighted by Crippen LogP contribution is 2.25. The van der Waals surface area contributed by atoms with Gasteiger partial charge in [0, 0.05) is 25.2 Å². The van der Waals surface area contributed by atoms with Gasteiger partial charge in [-0.3, -0.25) is 0 Å². The highest BCUT2D eigenvalue weighted by atomic mass is 16.5. The van der Waals surface area contributed by atoms with Crippen LogP contribution in [0.4, 0.5) is 0 Å². The molecular formula is C17H28N2O. The summed E-state index contributed by atoms with van der Waals surface area (Å²) in [6.45, 7) is 7.03. The lowest BCUT2D eigenvalue weighted by molar-refractivity contribution is 0.0383. The molecule has 1 N–H and O–H groups in total. The van der Waals surface area contributed by atoms with E-state index in [4.69, 9.17) is 4.74 Å². The summed E-state index contributed by atoms with van der Waals surface area (Å²) >= 11 is 0. The van der Waals surface area contributed by atoms with Crippen molar-refractivity contribution in [1.82, 2.24) is 10.2 Å². The van der Waals surface area contributed by atoms with Crippen LogP contribution in [0.1, 0.15) is 38.4 Å². The summed E-state index contributed by atoms with van der Waals surface area (Å²) in [6.07, 6.45) is 2.85. The van der Waals surface area contributed by atoms with Crippen LogP contribution in [0.2, 0.25) is 0 Å². The molecule has 0 radical (unpaired) electrons. The maximum Gasteiger partial charge on any atom is 0.0949 e. The molecule has 0 aliphatic heterocycles. The Hall–Kier alpha value is -0.900. The fourth-order valence-corrected chi connectivity index (χ4v) is 2.32. The molecule has 0 amide bonds. The lowest BCUT2D eigenvalue weighted by atomic mass is 10.1. The molecule has 20 heavy (non-hydrogen) atoms. The van der Waals surface area contributed by atoms with Gasteiger partial charge in [0.2, 0.25) is 0 Å². The fraction of sp³-hybridized carbons (Fsp3) is 0.647. The summed E-state index contributed by atoms with van der Waals surface area (Å²) in [5, 5.41) is 3.48. The van der Waals surface area contributed by atoms with E-state index in [1.54, 1.807) is 0 Å². The van der Waals surface area contributed by atoms with E-state index < -0.39 is 0 Å². The molecule has 3 nitrogen and oxygen atoms in total. The van der Waals surface area contributed by atoms with Gasteiger partial charge in [-0.25, -0.2) is 0 Å². The van der Waals surface area contributed by atoms with Crippen molar-refractivity contribution in [1.29, 1.82) is 0 Å². The largest absolute Gasteiger partial charge is 0.371 e. The average Bonchev–Trinajstić information content (AvgIpc) is 3.27. The molecule has 3 heteroatoms. The third-order valence-electron chi connectivity index (χ3n) is 3.82. The fourth-order valence-electron chi connectivity index (χ4n) is 2.32. The highest BCUT2D eigenvalue weighted by molar-refractivity contribution is 5.17. The topological polar surface area (TPSA) is 24.5 Å². The number of hydrogen-bond acceptors (Lipinski definition) is 3. The summed E-state index contributed by atoms with van der Waals surface area (Å²) in [6, 6.07) is 11.8. The van der Waals surface area contributed by atoms with Crippen LogP contribution < -0.4 is 5.32 Å². The summed E-state index contributed by atoms with van der Waals surface area (Å²) in [5.74, 6) is 0. The van der Waals surface area contributed by atoms with E-state index in [-0.39, 0.29) is 6.10 Å². The maximum atomic E-state index is 6.12. The Morgan fingerprint density at radius 1 is 1.25 bits per heavy atom. The van der Waals surface area contributed by atoms with Gasteiger partial charge in [-0.2, -0.15) is 0 Å². The van der Waals surface area contributed by atoms with Crippen LogP contribution in [-0.4, -0.2) is 43.7 Å². The van der Waals surface area contributed by atoms with Gasteiger partial charge < -0.3 is 15.0 Å². The first-order valence-corrected chi connectivity index (χ1v) is 7.77. The van der Waals surface area contributed by atoms with Gasteiger partial charge in [-0.1, -0.05) is 44.2 Å². The van der Waals surface area contributed by atoms with Crippen molar-refractivity contribution < 1.29 is 4.74 Å². The number of benzene rings is 1. The molecule has 1 saturated carbocycles. The van der Waals surface area contributed by atoms with Crippen LogP contribution in [0.15, 0.2) is 30.3 Å². The number of ether oxygens (including phenoxy) is 1. The van der Waals surface area contributed by atoms with Crippen molar-refractivity contribution in [2.75, 3.05) is 26.7 Å². The summed E-state index contributed by atoms with van der Waals surface area (Å²) in [5.41, 5.74) is 1.26. The van der Waals surface area contributed by atoms with Crippen LogP contribution in [0.5, 0.6) is 0 Å². The maximum absolute atomic E-state index is 6.12. The number of rotatable bonds is 9. The molecular weight excluding hydrogens is 248 g/mol. The Labute approximate surface area is 123 Å². The predicted molar refractivity (Wildman–Crippen MR) is 83.9 cm³/mol. The minimum Gasteiger partial charge on any atom is -0.371 e.